The molecule has 0 saturated heterocycles. The first-order valence-corrected chi connectivity index (χ1v) is 10.6. The highest BCUT2D eigenvalue weighted by Crippen LogP contribution is 2.33. The molecule has 148 valence electrons. The number of ketones is 1. The maximum atomic E-state index is 12.6. The van der Waals surface area contributed by atoms with Gasteiger partial charge < -0.3 is 5.32 Å². The Kier molecular flexibility index (Phi) is 4.80. The lowest BCUT2D eigenvalue weighted by atomic mass is 9.80. The van der Waals surface area contributed by atoms with Gasteiger partial charge in [0.25, 0.3) is 0 Å². The second-order valence-electron chi connectivity index (χ2n) is 8.06. The maximum absolute atomic E-state index is 12.6. The molecule has 30 heavy (non-hydrogen) atoms. The quantitative estimate of drug-likeness (QED) is 0.374. The number of fused-ring (bicyclic) bond motifs is 1. The number of anilines is 2. The monoisotopic (exact) mass is 392 g/mol. The Morgan fingerprint density at radius 2 is 1.70 bits per heavy atom. The fraction of sp³-hybridized carbons (Fsp3) is 0.185. The van der Waals surface area contributed by atoms with Crippen LogP contribution in [0.2, 0.25) is 0 Å². The van der Waals surface area contributed by atoms with Crippen molar-refractivity contribution in [2.24, 2.45) is 5.92 Å². The van der Waals surface area contributed by atoms with Crippen molar-refractivity contribution in [3.8, 4) is 11.1 Å². The van der Waals surface area contributed by atoms with Crippen molar-refractivity contribution in [2.75, 3.05) is 5.32 Å². The number of benzene rings is 3. The van der Waals surface area contributed by atoms with Crippen molar-refractivity contribution in [3.05, 3.63) is 90.1 Å². The van der Waals surface area contributed by atoms with Crippen LogP contribution >= 0.6 is 0 Å². The summed E-state index contributed by atoms with van der Waals surface area (Å²) in [6.45, 7) is 2.14. The highest BCUT2D eigenvalue weighted by atomic mass is 16.1. The normalized spacial score (nSPS) is 13.8. The van der Waals surface area contributed by atoms with E-state index in [0.717, 1.165) is 47.1 Å². The third-order valence-corrected chi connectivity index (χ3v) is 6.16. The van der Waals surface area contributed by atoms with E-state index in [1.807, 2.05) is 30.3 Å². The minimum atomic E-state index is 0.189. The number of nitrogens with zero attached hydrogens (tertiary/aromatic N) is 1. The van der Waals surface area contributed by atoms with Crippen molar-refractivity contribution in [1.29, 1.82) is 0 Å². The zero-order valence-corrected chi connectivity index (χ0v) is 17.1. The summed E-state index contributed by atoms with van der Waals surface area (Å²) in [5.74, 6) is 0.425. The van der Waals surface area contributed by atoms with E-state index in [0.29, 0.717) is 0 Å². The van der Waals surface area contributed by atoms with Crippen LogP contribution in [0.3, 0.4) is 0 Å². The van der Waals surface area contributed by atoms with E-state index in [1.165, 1.54) is 16.7 Å². The molecule has 1 aliphatic rings. The number of hydrogen-bond donors (Lipinski definition) is 1. The number of carbonyl (C=O) groups is 1. The van der Waals surface area contributed by atoms with E-state index in [2.05, 4.69) is 59.7 Å². The first-order chi connectivity index (χ1) is 14.7. The fourth-order valence-electron chi connectivity index (χ4n) is 4.15. The van der Waals surface area contributed by atoms with Gasteiger partial charge in [0.2, 0.25) is 0 Å². The Morgan fingerprint density at radius 1 is 0.933 bits per heavy atom. The van der Waals surface area contributed by atoms with Gasteiger partial charge in [-0.25, -0.2) is 0 Å². The van der Waals surface area contributed by atoms with Gasteiger partial charge in [-0.1, -0.05) is 61.0 Å². The molecule has 4 aromatic rings. The molecule has 5 rings (SSSR count). The zero-order chi connectivity index (χ0) is 20.5. The maximum Gasteiger partial charge on any atom is 0.167 e. The van der Waals surface area contributed by atoms with Gasteiger partial charge in [-0.15, -0.1) is 0 Å². The summed E-state index contributed by atoms with van der Waals surface area (Å²) < 4.78 is 0. The summed E-state index contributed by atoms with van der Waals surface area (Å²) in [5, 5.41) is 4.56. The molecule has 1 fully saturated rings. The molecular formula is C27H24N2O. The van der Waals surface area contributed by atoms with Crippen molar-refractivity contribution < 1.29 is 4.79 Å². The number of rotatable bonds is 5. The third-order valence-electron chi connectivity index (χ3n) is 6.16. The fourth-order valence-corrected chi connectivity index (χ4v) is 4.15. The molecule has 1 saturated carbocycles. The highest BCUT2D eigenvalue weighted by molar-refractivity contribution is 6.02. The van der Waals surface area contributed by atoms with Crippen LogP contribution in [0.1, 0.15) is 35.2 Å². The number of Topliss-reactive ketones (excluding diaryl/α,β-unsaturated/α-hetero) is 1. The first kappa shape index (κ1) is 18.6. The van der Waals surface area contributed by atoms with Gasteiger partial charge in [-0.3, -0.25) is 9.78 Å². The Labute approximate surface area is 176 Å². The largest absolute Gasteiger partial charge is 0.354 e. The van der Waals surface area contributed by atoms with E-state index in [9.17, 15) is 4.79 Å². The number of carbonyl (C=O) groups excluding carboxylic acids is 1. The smallest absolute Gasteiger partial charge is 0.167 e. The number of aromatic nitrogens is 1. The van der Waals surface area contributed by atoms with Crippen LogP contribution in [-0.2, 0) is 0 Å². The molecule has 1 heterocycles. The third kappa shape index (κ3) is 3.37. The highest BCUT2D eigenvalue weighted by Gasteiger charge is 2.26. The van der Waals surface area contributed by atoms with Crippen LogP contribution in [0.5, 0.6) is 0 Å². The Morgan fingerprint density at radius 3 is 2.47 bits per heavy atom. The van der Waals surface area contributed by atoms with Crippen molar-refractivity contribution >= 4 is 28.1 Å². The number of hydrogen-bond acceptors (Lipinski definition) is 3. The summed E-state index contributed by atoms with van der Waals surface area (Å²) in [5.41, 5.74) is 7.22. The van der Waals surface area contributed by atoms with Crippen LogP contribution in [-0.4, -0.2) is 10.8 Å². The van der Waals surface area contributed by atoms with Crippen LogP contribution < -0.4 is 5.32 Å². The summed E-state index contributed by atoms with van der Waals surface area (Å²) in [4.78, 5) is 17.3. The van der Waals surface area contributed by atoms with Gasteiger partial charge >= 0.3 is 0 Å². The molecule has 1 aromatic heterocycles. The van der Waals surface area contributed by atoms with Crippen molar-refractivity contribution in [3.63, 3.8) is 0 Å². The molecule has 0 bridgehead atoms. The van der Waals surface area contributed by atoms with E-state index in [4.69, 9.17) is 0 Å². The molecule has 1 N–H and O–H groups in total. The SMILES string of the molecule is Cc1c(Nc2cccc3cc(C(=O)C4CCC4)cnc23)cccc1-c1ccccc1. The average Bonchev–Trinajstić information content (AvgIpc) is 2.74. The van der Waals surface area contributed by atoms with E-state index in [-0.39, 0.29) is 11.7 Å². The molecule has 0 amide bonds. The van der Waals surface area contributed by atoms with Crippen molar-refractivity contribution in [2.45, 2.75) is 26.2 Å². The Hall–Kier alpha value is -3.46. The lowest BCUT2D eigenvalue weighted by Crippen LogP contribution is -2.22. The molecule has 0 spiro atoms. The Balaban J connectivity index is 1.49. The minimum absolute atomic E-state index is 0.189. The van der Waals surface area contributed by atoms with E-state index < -0.39 is 0 Å². The van der Waals surface area contributed by atoms with Gasteiger partial charge in [-0.05, 0) is 54.7 Å². The minimum Gasteiger partial charge on any atom is -0.354 e. The predicted octanol–water partition coefficient (Wildman–Crippen LogP) is 6.94. The summed E-state index contributed by atoms with van der Waals surface area (Å²) in [6.07, 6.45) is 4.92. The van der Waals surface area contributed by atoms with Gasteiger partial charge in [-0.2, -0.15) is 0 Å². The molecular weight excluding hydrogens is 368 g/mol. The Bertz CT molecular complexity index is 1230. The molecule has 0 atom stereocenters. The second-order valence-corrected chi connectivity index (χ2v) is 8.06. The standard InChI is InChI=1S/C27H24N2O/c1-18-23(19-8-3-2-4-9-19)13-7-14-24(18)29-25-15-6-12-21-16-22(17-28-26(21)25)27(30)20-10-5-11-20/h2-4,6-9,12-17,20,29H,5,10-11H2,1H3. The van der Waals surface area contributed by atoms with Crippen molar-refractivity contribution in [1.82, 2.24) is 4.98 Å². The summed E-state index contributed by atoms with van der Waals surface area (Å²) in [6, 6.07) is 24.8. The molecule has 0 aliphatic heterocycles. The average molecular weight is 393 g/mol. The van der Waals surface area contributed by atoms with Gasteiger partial charge in [0.15, 0.2) is 5.78 Å². The predicted molar refractivity (Wildman–Crippen MR) is 123 cm³/mol. The van der Waals surface area contributed by atoms with E-state index >= 15 is 0 Å². The number of nitrogens with one attached hydrogen (secondary N) is 1. The van der Waals surface area contributed by atoms with E-state index in [1.54, 1.807) is 6.20 Å². The topological polar surface area (TPSA) is 42.0 Å². The molecule has 1 aliphatic carbocycles. The van der Waals surface area contributed by atoms with Crippen LogP contribution in [0.15, 0.2) is 79.0 Å². The molecule has 0 radical (unpaired) electrons. The molecule has 0 unspecified atom stereocenters. The molecule has 3 heteroatoms. The van der Waals surface area contributed by atoms with Crippen LogP contribution in [0, 0.1) is 12.8 Å². The number of pyridine rings is 1. The van der Waals surface area contributed by atoms with Crippen LogP contribution in [0.25, 0.3) is 22.0 Å². The summed E-state index contributed by atoms with van der Waals surface area (Å²) >= 11 is 0. The molecule has 3 aromatic carbocycles. The van der Waals surface area contributed by atoms with Gasteiger partial charge in [0.1, 0.15) is 0 Å². The van der Waals surface area contributed by atoms with Gasteiger partial charge in [0.05, 0.1) is 11.2 Å². The lowest BCUT2D eigenvalue weighted by molar-refractivity contribution is 0.0855. The summed E-state index contributed by atoms with van der Waals surface area (Å²) in [7, 11) is 0. The van der Waals surface area contributed by atoms with Crippen LogP contribution in [0.4, 0.5) is 11.4 Å². The second kappa shape index (κ2) is 7.75. The number of para-hydroxylation sites is 1. The lowest BCUT2D eigenvalue weighted by Gasteiger charge is -2.23. The molecule has 3 nitrogen and oxygen atoms in total. The zero-order valence-electron chi connectivity index (χ0n) is 17.1. The van der Waals surface area contributed by atoms with Gasteiger partial charge in [0, 0.05) is 28.8 Å². The first-order valence-electron chi connectivity index (χ1n) is 10.6.